The smallest absolute Gasteiger partial charge is 0.270 e. The monoisotopic (exact) mass is 498 g/mol. The van der Waals surface area contributed by atoms with Gasteiger partial charge in [0.25, 0.3) is 15.7 Å². The normalized spacial score (nSPS) is 10.9. The number of methoxy groups -OCH3 is 1. The minimum atomic E-state index is -4.23. The Hall–Kier alpha value is -4.12. The van der Waals surface area contributed by atoms with Crippen molar-refractivity contribution >= 4 is 33.0 Å². The van der Waals surface area contributed by atoms with Gasteiger partial charge in [-0.1, -0.05) is 42.5 Å². The average molecular weight is 499 g/mol. The molecule has 184 valence electrons. The summed E-state index contributed by atoms with van der Waals surface area (Å²) in [5.74, 6) is 0.155. The summed E-state index contributed by atoms with van der Waals surface area (Å²) in [5.41, 5.74) is 0.929. The van der Waals surface area contributed by atoms with E-state index in [4.69, 9.17) is 4.74 Å². The molecule has 0 spiro atoms. The summed E-state index contributed by atoms with van der Waals surface area (Å²) in [6.07, 6.45) is 0.0970. The summed E-state index contributed by atoms with van der Waals surface area (Å²) in [5, 5.41) is 14.2. The molecule has 0 aliphatic rings. The van der Waals surface area contributed by atoms with Gasteiger partial charge in [-0.3, -0.25) is 19.6 Å². The van der Waals surface area contributed by atoms with Crippen LogP contribution in [0.25, 0.3) is 0 Å². The lowest BCUT2D eigenvalue weighted by atomic mass is 10.2. The van der Waals surface area contributed by atoms with Gasteiger partial charge in [0.2, 0.25) is 5.91 Å². The Balaban J connectivity index is 1.76. The van der Waals surface area contributed by atoms with E-state index in [1.165, 1.54) is 25.3 Å². The highest BCUT2D eigenvalue weighted by Gasteiger charge is 2.24. The Morgan fingerprint density at radius 3 is 2.40 bits per heavy atom. The fourth-order valence-corrected chi connectivity index (χ4v) is 4.64. The number of nitrogens with one attached hydrogen (secondary N) is 2. The Morgan fingerprint density at radius 1 is 1.03 bits per heavy atom. The number of anilines is 2. The predicted molar refractivity (Wildman–Crippen MR) is 133 cm³/mol. The summed E-state index contributed by atoms with van der Waals surface area (Å²) in [6.45, 7) is 0.576. The molecule has 0 atom stereocenters. The molecule has 0 radical (unpaired) electrons. The van der Waals surface area contributed by atoms with E-state index in [2.05, 4.69) is 10.0 Å². The van der Waals surface area contributed by atoms with E-state index in [1.807, 2.05) is 30.3 Å². The van der Waals surface area contributed by atoms with Gasteiger partial charge in [0.15, 0.2) is 0 Å². The van der Waals surface area contributed by atoms with Gasteiger partial charge >= 0.3 is 0 Å². The van der Waals surface area contributed by atoms with Crippen LogP contribution in [0.15, 0.2) is 77.7 Å². The molecule has 0 aliphatic carbocycles. The van der Waals surface area contributed by atoms with Crippen LogP contribution in [-0.2, 0) is 21.4 Å². The molecule has 0 saturated carbocycles. The molecule has 0 saturated heterocycles. The highest BCUT2D eigenvalue weighted by Crippen LogP contribution is 2.31. The maximum atomic E-state index is 13.2. The molecule has 35 heavy (non-hydrogen) atoms. The first-order valence-corrected chi connectivity index (χ1v) is 12.2. The summed E-state index contributed by atoms with van der Waals surface area (Å²) in [7, 11) is -1.14. The van der Waals surface area contributed by atoms with E-state index in [0.29, 0.717) is 12.3 Å². The Kier molecular flexibility index (Phi) is 8.26. The first kappa shape index (κ1) is 25.5. The molecule has 1 amide bonds. The quantitative estimate of drug-likeness (QED) is 0.303. The standard InChI is InChI=1S/C24H26N4O6S/c1-27(17-18-8-4-3-5-9-18)24(29)14-15-25-21-13-12-19(28(30)31)16-23(21)35(32,33)26-20-10-6-7-11-22(20)34-2/h3-13,16,25-26H,14-15,17H2,1-2H3. The molecule has 3 aromatic rings. The summed E-state index contributed by atoms with van der Waals surface area (Å²) < 4.78 is 33.9. The molecule has 0 bridgehead atoms. The van der Waals surface area contributed by atoms with Crippen molar-refractivity contribution in [2.75, 3.05) is 30.7 Å². The van der Waals surface area contributed by atoms with Crippen molar-refractivity contribution in [2.45, 2.75) is 17.9 Å². The molecule has 0 aliphatic heterocycles. The molecule has 11 heteroatoms. The lowest BCUT2D eigenvalue weighted by molar-refractivity contribution is -0.385. The topological polar surface area (TPSA) is 131 Å². The first-order chi connectivity index (χ1) is 16.7. The molecular formula is C24H26N4O6S. The van der Waals surface area contributed by atoms with Crippen molar-refractivity contribution in [1.82, 2.24) is 4.90 Å². The van der Waals surface area contributed by atoms with Crippen molar-refractivity contribution in [3.63, 3.8) is 0 Å². The number of non-ortho nitro benzene ring substituents is 1. The van der Waals surface area contributed by atoms with Crippen molar-refractivity contribution < 1.29 is 22.9 Å². The largest absolute Gasteiger partial charge is 0.495 e. The van der Waals surface area contributed by atoms with Crippen LogP contribution < -0.4 is 14.8 Å². The number of rotatable bonds is 11. The van der Waals surface area contributed by atoms with E-state index >= 15 is 0 Å². The number of carbonyl (C=O) groups is 1. The van der Waals surface area contributed by atoms with Gasteiger partial charge in [-0.25, -0.2) is 8.42 Å². The van der Waals surface area contributed by atoms with Gasteiger partial charge in [0, 0.05) is 38.7 Å². The maximum Gasteiger partial charge on any atom is 0.270 e. The zero-order chi connectivity index (χ0) is 25.4. The van der Waals surface area contributed by atoms with E-state index in [9.17, 15) is 23.3 Å². The predicted octanol–water partition coefficient (Wildman–Crippen LogP) is 3.86. The molecule has 0 unspecified atom stereocenters. The van der Waals surface area contributed by atoms with Crippen LogP contribution in [0.2, 0.25) is 0 Å². The van der Waals surface area contributed by atoms with Crippen molar-refractivity contribution in [3.8, 4) is 5.75 Å². The molecular weight excluding hydrogens is 472 g/mol. The van der Waals surface area contributed by atoms with Crippen molar-refractivity contribution in [1.29, 1.82) is 0 Å². The van der Waals surface area contributed by atoms with E-state index in [0.717, 1.165) is 11.6 Å². The number of nitrogens with zero attached hydrogens (tertiary/aromatic N) is 2. The number of hydrogen-bond donors (Lipinski definition) is 2. The molecule has 0 aromatic heterocycles. The van der Waals surface area contributed by atoms with Gasteiger partial charge in [0.1, 0.15) is 10.6 Å². The Morgan fingerprint density at radius 2 is 1.71 bits per heavy atom. The summed E-state index contributed by atoms with van der Waals surface area (Å²) in [4.78, 5) is 24.4. The van der Waals surface area contributed by atoms with Crippen molar-refractivity contribution in [3.05, 3.63) is 88.5 Å². The van der Waals surface area contributed by atoms with E-state index in [-0.39, 0.29) is 40.8 Å². The maximum absolute atomic E-state index is 13.2. The molecule has 10 nitrogen and oxygen atoms in total. The van der Waals surface area contributed by atoms with Crippen molar-refractivity contribution in [2.24, 2.45) is 0 Å². The second-order valence-electron chi connectivity index (χ2n) is 7.66. The van der Waals surface area contributed by atoms with E-state index < -0.39 is 14.9 Å². The van der Waals surface area contributed by atoms with Crippen LogP contribution in [0.5, 0.6) is 5.75 Å². The zero-order valence-electron chi connectivity index (χ0n) is 19.3. The average Bonchev–Trinajstić information content (AvgIpc) is 2.84. The third kappa shape index (κ3) is 6.70. The highest BCUT2D eigenvalue weighted by molar-refractivity contribution is 7.93. The minimum Gasteiger partial charge on any atom is -0.495 e. The number of hydrogen-bond acceptors (Lipinski definition) is 7. The van der Waals surface area contributed by atoms with Gasteiger partial charge in [-0.15, -0.1) is 0 Å². The van der Waals surface area contributed by atoms with Gasteiger partial charge in [-0.2, -0.15) is 0 Å². The van der Waals surface area contributed by atoms with Crippen LogP contribution in [0.4, 0.5) is 17.1 Å². The number of ether oxygens (including phenoxy) is 1. The SMILES string of the molecule is COc1ccccc1NS(=O)(=O)c1cc([N+](=O)[O-])ccc1NCCC(=O)N(C)Cc1ccccc1. The molecule has 0 heterocycles. The Bertz CT molecular complexity index is 1300. The lowest BCUT2D eigenvalue weighted by Gasteiger charge is -2.18. The highest BCUT2D eigenvalue weighted by atomic mass is 32.2. The second-order valence-corrected chi connectivity index (χ2v) is 9.31. The molecule has 3 rings (SSSR count). The van der Waals surface area contributed by atoms with Crippen LogP contribution in [0.1, 0.15) is 12.0 Å². The molecule has 2 N–H and O–H groups in total. The first-order valence-electron chi connectivity index (χ1n) is 10.7. The number of para-hydroxylation sites is 2. The third-order valence-electron chi connectivity index (χ3n) is 5.16. The zero-order valence-corrected chi connectivity index (χ0v) is 20.1. The number of carbonyl (C=O) groups excluding carboxylic acids is 1. The molecule has 3 aromatic carbocycles. The summed E-state index contributed by atoms with van der Waals surface area (Å²) >= 11 is 0. The summed E-state index contributed by atoms with van der Waals surface area (Å²) in [6, 6.07) is 19.4. The fourth-order valence-electron chi connectivity index (χ4n) is 3.36. The Labute approximate surface area is 203 Å². The number of amides is 1. The number of nitro benzene ring substituents is 1. The van der Waals surface area contributed by atoms with E-state index in [1.54, 1.807) is 30.1 Å². The fraction of sp³-hybridized carbons (Fsp3) is 0.208. The number of benzene rings is 3. The second kappa shape index (κ2) is 11.3. The van der Waals surface area contributed by atoms with Gasteiger partial charge in [0.05, 0.1) is 23.4 Å². The van der Waals surface area contributed by atoms with Crippen LogP contribution in [0.3, 0.4) is 0 Å². The molecule has 0 fully saturated rings. The van der Waals surface area contributed by atoms with Gasteiger partial charge < -0.3 is 15.0 Å². The minimum absolute atomic E-state index is 0.0970. The van der Waals surface area contributed by atoms with Crippen LogP contribution in [0, 0.1) is 10.1 Å². The number of sulfonamides is 1. The van der Waals surface area contributed by atoms with Crippen LogP contribution >= 0.6 is 0 Å². The van der Waals surface area contributed by atoms with Crippen LogP contribution in [-0.4, -0.2) is 44.9 Å². The lowest BCUT2D eigenvalue weighted by Crippen LogP contribution is -2.28. The number of nitro groups is 1. The van der Waals surface area contributed by atoms with Gasteiger partial charge in [-0.05, 0) is 23.8 Å². The third-order valence-corrected chi connectivity index (χ3v) is 6.56.